The highest BCUT2D eigenvalue weighted by Gasteiger charge is 2.36. The largest absolute Gasteiger partial charge is 0.363 e. The van der Waals surface area contributed by atoms with Gasteiger partial charge in [-0.15, -0.1) is 0 Å². The highest BCUT2D eigenvalue weighted by molar-refractivity contribution is 6.35. The lowest BCUT2D eigenvalue weighted by Gasteiger charge is -2.38. The normalized spacial score (nSPS) is 27.8. The zero-order valence-corrected chi connectivity index (χ0v) is 10.6. The molecular weight excluding hydrogens is 243 g/mol. The number of benzene rings is 1. The summed E-state index contributed by atoms with van der Waals surface area (Å²) in [6.07, 6.45) is 1.03. The molecule has 0 bridgehead atoms. The van der Waals surface area contributed by atoms with E-state index in [1.807, 2.05) is 12.1 Å². The van der Waals surface area contributed by atoms with Crippen LogP contribution in [0.1, 0.15) is 12.5 Å². The molecule has 0 aliphatic carbocycles. The lowest BCUT2D eigenvalue weighted by Crippen LogP contribution is -2.54. The van der Waals surface area contributed by atoms with Crippen molar-refractivity contribution in [2.45, 2.75) is 25.4 Å². The van der Waals surface area contributed by atoms with Crippen molar-refractivity contribution in [3.63, 3.8) is 0 Å². The number of nitrogens with one attached hydrogen (secondary N) is 1. The zero-order chi connectivity index (χ0) is 11.3. The first-order chi connectivity index (χ1) is 7.66. The molecule has 3 rings (SSSR count). The van der Waals surface area contributed by atoms with Crippen molar-refractivity contribution in [2.24, 2.45) is 0 Å². The van der Waals surface area contributed by atoms with E-state index in [0.717, 1.165) is 29.6 Å². The Bertz CT molecular complexity index is 433. The first-order valence-electron chi connectivity index (χ1n) is 5.64. The molecule has 4 heteroatoms. The van der Waals surface area contributed by atoms with Gasteiger partial charge in [0.1, 0.15) is 0 Å². The maximum absolute atomic E-state index is 6.26. The molecule has 1 aromatic carbocycles. The van der Waals surface area contributed by atoms with Crippen molar-refractivity contribution >= 4 is 28.9 Å². The fourth-order valence-corrected chi connectivity index (χ4v) is 3.44. The summed E-state index contributed by atoms with van der Waals surface area (Å²) in [7, 11) is 0. The summed E-state index contributed by atoms with van der Waals surface area (Å²) in [5, 5.41) is 5.00. The van der Waals surface area contributed by atoms with E-state index < -0.39 is 0 Å². The molecule has 86 valence electrons. The molecule has 1 N–H and O–H groups in total. The second kappa shape index (κ2) is 3.80. The van der Waals surface area contributed by atoms with Crippen LogP contribution in [0.2, 0.25) is 10.0 Å². The van der Waals surface area contributed by atoms with Crippen molar-refractivity contribution in [3.8, 4) is 0 Å². The van der Waals surface area contributed by atoms with Gasteiger partial charge in [-0.25, -0.2) is 0 Å². The standard InChI is InChI=1S/C12H14Cl2N2/c1-7-5-15-6-9-4-10-11(14)2-8(13)3-12(10)16(7)9/h2-3,7,9,15H,4-6H2,1H3/t7?,9-/m0/s1. The van der Waals surface area contributed by atoms with Crippen molar-refractivity contribution in [2.75, 3.05) is 18.0 Å². The molecule has 0 spiro atoms. The summed E-state index contributed by atoms with van der Waals surface area (Å²) in [5.41, 5.74) is 2.49. The van der Waals surface area contributed by atoms with Gasteiger partial charge in [-0.2, -0.15) is 0 Å². The van der Waals surface area contributed by atoms with Crippen LogP contribution in [0.25, 0.3) is 0 Å². The summed E-state index contributed by atoms with van der Waals surface area (Å²) in [6, 6.07) is 4.94. The Balaban J connectivity index is 2.10. The van der Waals surface area contributed by atoms with Crippen molar-refractivity contribution < 1.29 is 0 Å². The van der Waals surface area contributed by atoms with Gasteiger partial charge in [-0.3, -0.25) is 0 Å². The van der Waals surface area contributed by atoms with Gasteiger partial charge in [-0.05, 0) is 31.0 Å². The minimum absolute atomic E-state index is 0.509. The van der Waals surface area contributed by atoms with E-state index in [-0.39, 0.29) is 0 Å². The van der Waals surface area contributed by atoms with Crippen LogP contribution in [0.4, 0.5) is 5.69 Å². The van der Waals surface area contributed by atoms with Gasteiger partial charge in [0.2, 0.25) is 0 Å². The van der Waals surface area contributed by atoms with Crippen LogP contribution in [0.5, 0.6) is 0 Å². The average molecular weight is 257 g/mol. The molecular formula is C12H14Cl2N2. The number of piperazine rings is 1. The molecule has 1 saturated heterocycles. The Morgan fingerprint density at radius 3 is 2.94 bits per heavy atom. The highest BCUT2D eigenvalue weighted by Crippen LogP contribution is 2.40. The maximum Gasteiger partial charge on any atom is 0.0474 e. The van der Waals surface area contributed by atoms with Crippen LogP contribution in [0, 0.1) is 0 Å². The monoisotopic (exact) mass is 256 g/mol. The van der Waals surface area contributed by atoms with Gasteiger partial charge in [0.15, 0.2) is 0 Å². The van der Waals surface area contributed by atoms with Gasteiger partial charge in [0.25, 0.3) is 0 Å². The van der Waals surface area contributed by atoms with E-state index in [9.17, 15) is 0 Å². The van der Waals surface area contributed by atoms with E-state index in [0.29, 0.717) is 12.1 Å². The van der Waals surface area contributed by atoms with Crippen LogP contribution in [0.15, 0.2) is 12.1 Å². The molecule has 2 aliphatic rings. The zero-order valence-electron chi connectivity index (χ0n) is 9.13. The van der Waals surface area contributed by atoms with Crippen LogP contribution in [-0.4, -0.2) is 25.2 Å². The fourth-order valence-electron chi connectivity index (χ4n) is 2.88. The fraction of sp³-hybridized carbons (Fsp3) is 0.500. The number of nitrogens with zero attached hydrogens (tertiary/aromatic N) is 1. The minimum atomic E-state index is 0.509. The molecule has 1 unspecified atom stereocenters. The first-order valence-corrected chi connectivity index (χ1v) is 6.39. The summed E-state index contributed by atoms with van der Waals surface area (Å²) in [4.78, 5) is 2.46. The number of halogens is 2. The molecule has 0 aromatic heterocycles. The number of fused-ring (bicyclic) bond motifs is 3. The summed E-state index contributed by atoms with van der Waals surface area (Å²) >= 11 is 12.3. The van der Waals surface area contributed by atoms with Gasteiger partial charge < -0.3 is 10.2 Å². The number of anilines is 1. The van der Waals surface area contributed by atoms with E-state index in [1.165, 1.54) is 11.3 Å². The lowest BCUT2D eigenvalue weighted by molar-refractivity contribution is 0.430. The topological polar surface area (TPSA) is 15.3 Å². The Morgan fingerprint density at radius 2 is 2.12 bits per heavy atom. The molecule has 2 heterocycles. The first kappa shape index (κ1) is 10.7. The van der Waals surface area contributed by atoms with Crippen LogP contribution in [0.3, 0.4) is 0 Å². The van der Waals surface area contributed by atoms with E-state index >= 15 is 0 Å². The smallest absolute Gasteiger partial charge is 0.0474 e. The van der Waals surface area contributed by atoms with E-state index in [1.54, 1.807) is 0 Å². The molecule has 0 saturated carbocycles. The van der Waals surface area contributed by atoms with Gasteiger partial charge >= 0.3 is 0 Å². The highest BCUT2D eigenvalue weighted by atomic mass is 35.5. The Hall–Kier alpha value is -0.440. The van der Waals surface area contributed by atoms with Crippen molar-refractivity contribution in [1.82, 2.24) is 5.32 Å². The van der Waals surface area contributed by atoms with Crippen LogP contribution >= 0.6 is 23.2 Å². The predicted octanol–water partition coefficient (Wildman–Crippen LogP) is 2.72. The minimum Gasteiger partial charge on any atom is -0.363 e. The number of hydrogen-bond donors (Lipinski definition) is 1. The number of hydrogen-bond acceptors (Lipinski definition) is 2. The molecule has 0 amide bonds. The Kier molecular flexibility index (Phi) is 2.54. The third-order valence-corrected chi connectivity index (χ3v) is 4.10. The van der Waals surface area contributed by atoms with Gasteiger partial charge in [0.05, 0.1) is 0 Å². The third kappa shape index (κ3) is 1.52. The molecule has 1 aromatic rings. The second-order valence-corrected chi connectivity index (χ2v) is 5.50. The van der Waals surface area contributed by atoms with E-state index in [2.05, 4.69) is 17.1 Å². The molecule has 2 aliphatic heterocycles. The average Bonchev–Trinajstić information content (AvgIpc) is 2.58. The molecule has 1 fully saturated rings. The number of rotatable bonds is 0. The Labute approximate surface area is 106 Å². The van der Waals surface area contributed by atoms with Crippen LogP contribution < -0.4 is 10.2 Å². The maximum atomic E-state index is 6.26. The van der Waals surface area contributed by atoms with Gasteiger partial charge in [-0.1, -0.05) is 23.2 Å². The molecule has 0 radical (unpaired) electrons. The summed E-state index contributed by atoms with van der Waals surface area (Å²) < 4.78 is 0. The second-order valence-electron chi connectivity index (χ2n) is 4.66. The van der Waals surface area contributed by atoms with E-state index in [4.69, 9.17) is 23.2 Å². The van der Waals surface area contributed by atoms with Crippen molar-refractivity contribution in [1.29, 1.82) is 0 Å². The molecule has 2 atom stereocenters. The van der Waals surface area contributed by atoms with Crippen molar-refractivity contribution in [3.05, 3.63) is 27.7 Å². The third-order valence-electron chi connectivity index (χ3n) is 3.54. The summed E-state index contributed by atoms with van der Waals surface area (Å²) in [5.74, 6) is 0. The lowest BCUT2D eigenvalue weighted by atomic mass is 10.1. The van der Waals surface area contributed by atoms with Gasteiger partial charge in [0, 0.05) is 40.9 Å². The summed E-state index contributed by atoms with van der Waals surface area (Å²) in [6.45, 7) is 4.30. The molecule has 16 heavy (non-hydrogen) atoms. The predicted molar refractivity (Wildman–Crippen MR) is 68.8 cm³/mol. The SMILES string of the molecule is CC1CNC[C@@H]2Cc3c(Cl)cc(Cl)cc3N12. The quantitative estimate of drug-likeness (QED) is 0.768. The van der Waals surface area contributed by atoms with Crippen LogP contribution in [-0.2, 0) is 6.42 Å². The Morgan fingerprint density at radius 1 is 1.31 bits per heavy atom. The molecule has 2 nitrogen and oxygen atoms in total.